The molecule has 4 nitrogen and oxygen atoms in total. The van der Waals surface area contributed by atoms with Gasteiger partial charge in [-0.25, -0.2) is 0 Å². The average Bonchev–Trinajstić information content (AvgIpc) is 2.45. The Kier molecular flexibility index (Phi) is 5.04. The van der Waals surface area contributed by atoms with E-state index in [-0.39, 0.29) is 5.91 Å². The van der Waals surface area contributed by atoms with Crippen molar-refractivity contribution in [2.75, 3.05) is 18.9 Å². The molecule has 0 radical (unpaired) electrons. The lowest BCUT2D eigenvalue weighted by Crippen LogP contribution is -2.28. The van der Waals surface area contributed by atoms with Crippen molar-refractivity contribution in [3.63, 3.8) is 0 Å². The Morgan fingerprint density at radius 3 is 2.45 bits per heavy atom. The van der Waals surface area contributed by atoms with Gasteiger partial charge in [-0.15, -0.1) is 0 Å². The highest BCUT2D eigenvalue weighted by atomic mass is 16.5. The van der Waals surface area contributed by atoms with Crippen LogP contribution in [0.15, 0.2) is 36.4 Å². The second kappa shape index (κ2) is 6.98. The second-order valence-electron chi connectivity index (χ2n) is 5.50. The minimum Gasteiger partial charge on any atom is -0.492 e. The van der Waals surface area contributed by atoms with Crippen molar-refractivity contribution < 1.29 is 9.53 Å². The molecule has 1 amide bonds. The van der Waals surface area contributed by atoms with Gasteiger partial charge in [0.2, 0.25) is 0 Å². The van der Waals surface area contributed by atoms with Crippen LogP contribution in [0, 0.1) is 20.8 Å². The molecule has 2 aromatic carbocycles. The van der Waals surface area contributed by atoms with Crippen molar-refractivity contribution >= 4 is 11.6 Å². The third-order valence-corrected chi connectivity index (χ3v) is 3.36. The van der Waals surface area contributed by atoms with Crippen LogP contribution in [0.25, 0.3) is 0 Å². The zero-order valence-corrected chi connectivity index (χ0v) is 13.3. The molecule has 0 aliphatic rings. The molecule has 22 heavy (non-hydrogen) atoms. The lowest BCUT2D eigenvalue weighted by molar-refractivity contribution is 0.0946. The fraction of sp³-hybridized carbons (Fsp3) is 0.278. The van der Waals surface area contributed by atoms with Gasteiger partial charge in [0.1, 0.15) is 12.4 Å². The van der Waals surface area contributed by atoms with Gasteiger partial charge in [-0.2, -0.15) is 0 Å². The minimum atomic E-state index is -0.131. The van der Waals surface area contributed by atoms with Gasteiger partial charge in [0.05, 0.1) is 6.54 Å². The third-order valence-electron chi connectivity index (χ3n) is 3.36. The van der Waals surface area contributed by atoms with Gasteiger partial charge in [0, 0.05) is 11.3 Å². The fourth-order valence-electron chi connectivity index (χ4n) is 2.33. The summed E-state index contributed by atoms with van der Waals surface area (Å²) >= 11 is 0. The Hall–Kier alpha value is -2.49. The van der Waals surface area contributed by atoms with Gasteiger partial charge >= 0.3 is 0 Å². The quantitative estimate of drug-likeness (QED) is 0.659. The summed E-state index contributed by atoms with van der Waals surface area (Å²) in [7, 11) is 0. The lowest BCUT2D eigenvalue weighted by Gasteiger charge is -2.10. The molecule has 2 aromatic rings. The molecule has 0 atom stereocenters. The molecule has 0 fully saturated rings. The van der Waals surface area contributed by atoms with E-state index in [1.54, 1.807) is 12.1 Å². The number of nitrogens with one attached hydrogen (secondary N) is 1. The molecular formula is C18H22N2O2. The highest BCUT2D eigenvalue weighted by Gasteiger charge is 2.08. The molecule has 0 aliphatic heterocycles. The third kappa shape index (κ3) is 4.25. The highest BCUT2D eigenvalue weighted by molar-refractivity contribution is 5.96. The lowest BCUT2D eigenvalue weighted by atomic mass is 10.1. The summed E-state index contributed by atoms with van der Waals surface area (Å²) in [5, 5.41) is 2.85. The Balaban J connectivity index is 1.86. The number of carbonyl (C=O) groups is 1. The maximum Gasteiger partial charge on any atom is 0.251 e. The van der Waals surface area contributed by atoms with Gasteiger partial charge in [-0.3, -0.25) is 4.79 Å². The van der Waals surface area contributed by atoms with Crippen molar-refractivity contribution in [3.05, 3.63) is 58.7 Å². The number of hydrogen-bond acceptors (Lipinski definition) is 3. The topological polar surface area (TPSA) is 64.3 Å². The molecule has 0 unspecified atom stereocenters. The van der Waals surface area contributed by atoms with E-state index < -0.39 is 0 Å². The maximum absolute atomic E-state index is 12.1. The summed E-state index contributed by atoms with van der Waals surface area (Å²) < 4.78 is 5.67. The van der Waals surface area contributed by atoms with E-state index in [0.717, 1.165) is 22.4 Å². The number of benzene rings is 2. The molecule has 3 N–H and O–H groups in total. The summed E-state index contributed by atoms with van der Waals surface area (Å²) in [6.07, 6.45) is 0. The minimum absolute atomic E-state index is 0.131. The number of anilines is 1. The highest BCUT2D eigenvalue weighted by Crippen LogP contribution is 2.16. The van der Waals surface area contributed by atoms with E-state index in [4.69, 9.17) is 10.5 Å². The van der Waals surface area contributed by atoms with E-state index in [0.29, 0.717) is 24.4 Å². The standard InChI is InChI=1S/C18H22N2O2/c1-12-8-13(2)10-16(9-12)22-7-6-20-18(21)17-11-15(19)5-4-14(17)3/h4-5,8-11H,6-7,19H2,1-3H3,(H,20,21). The van der Waals surface area contributed by atoms with E-state index >= 15 is 0 Å². The Morgan fingerprint density at radius 1 is 1.09 bits per heavy atom. The number of hydrogen-bond donors (Lipinski definition) is 2. The van der Waals surface area contributed by atoms with Gasteiger partial charge in [0.25, 0.3) is 5.91 Å². The summed E-state index contributed by atoms with van der Waals surface area (Å²) in [4.78, 5) is 12.1. The van der Waals surface area contributed by atoms with E-state index in [1.165, 1.54) is 0 Å². The number of nitrogens with two attached hydrogens (primary N) is 1. The van der Waals surface area contributed by atoms with Gasteiger partial charge < -0.3 is 15.8 Å². The first kappa shape index (κ1) is 15.9. The van der Waals surface area contributed by atoms with E-state index in [9.17, 15) is 4.79 Å². The van der Waals surface area contributed by atoms with E-state index in [2.05, 4.69) is 11.4 Å². The molecular weight excluding hydrogens is 276 g/mol. The Bertz CT molecular complexity index is 661. The van der Waals surface area contributed by atoms with Crippen LogP contribution >= 0.6 is 0 Å². The molecule has 0 spiro atoms. The van der Waals surface area contributed by atoms with Crippen LogP contribution in [0.1, 0.15) is 27.0 Å². The molecule has 0 saturated heterocycles. The molecule has 0 aliphatic carbocycles. The van der Waals surface area contributed by atoms with Crippen LogP contribution in [-0.4, -0.2) is 19.1 Å². The normalized spacial score (nSPS) is 10.3. The molecule has 116 valence electrons. The molecule has 0 bridgehead atoms. The monoisotopic (exact) mass is 298 g/mol. The molecule has 0 saturated carbocycles. The van der Waals surface area contributed by atoms with Crippen LogP contribution in [0.3, 0.4) is 0 Å². The zero-order valence-electron chi connectivity index (χ0n) is 13.3. The largest absolute Gasteiger partial charge is 0.492 e. The number of nitrogen functional groups attached to an aromatic ring is 1. The van der Waals surface area contributed by atoms with Gasteiger partial charge in [-0.1, -0.05) is 12.1 Å². The fourth-order valence-corrected chi connectivity index (χ4v) is 2.33. The van der Waals surface area contributed by atoms with Crippen LogP contribution in [0.5, 0.6) is 5.75 Å². The number of ether oxygens (including phenoxy) is 1. The molecule has 0 heterocycles. The second-order valence-corrected chi connectivity index (χ2v) is 5.50. The SMILES string of the molecule is Cc1cc(C)cc(OCCNC(=O)c2cc(N)ccc2C)c1. The first-order valence-electron chi connectivity index (χ1n) is 7.31. The van der Waals surface area contributed by atoms with Crippen molar-refractivity contribution in [2.45, 2.75) is 20.8 Å². The average molecular weight is 298 g/mol. The van der Waals surface area contributed by atoms with Crippen molar-refractivity contribution in [1.29, 1.82) is 0 Å². The predicted molar refractivity (Wildman–Crippen MR) is 89.3 cm³/mol. The number of rotatable bonds is 5. The molecule has 4 heteroatoms. The van der Waals surface area contributed by atoms with Crippen LogP contribution in [0.4, 0.5) is 5.69 Å². The molecule has 0 aromatic heterocycles. The number of amides is 1. The van der Waals surface area contributed by atoms with E-state index in [1.807, 2.05) is 39.0 Å². The zero-order chi connectivity index (χ0) is 16.1. The first-order valence-corrected chi connectivity index (χ1v) is 7.31. The van der Waals surface area contributed by atoms with Crippen LogP contribution in [0.2, 0.25) is 0 Å². The molecule has 2 rings (SSSR count). The summed E-state index contributed by atoms with van der Waals surface area (Å²) in [6.45, 7) is 6.82. The van der Waals surface area contributed by atoms with Crippen LogP contribution < -0.4 is 15.8 Å². The summed E-state index contributed by atoms with van der Waals surface area (Å²) in [6, 6.07) is 11.4. The van der Waals surface area contributed by atoms with Crippen molar-refractivity contribution in [2.24, 2.45) is 0 Å². The summed E-state index contributed by atoms with van der Waals surface area (Å²) in [5.74, 6) is 0.695. The Morgan fingerprint density at radius 2 is 1.77 bits per heavy atom. The van der Waals surface area contributed by atoms with Crippen LogP contribution in [-0.2, 0) is 0 Å². The smallest absolute Gasteiger partial charge is 0.251 e. The van der Waals surface area contributed by atoms with Crippen molar-refractivity contribution in [1.82, 2.24) is 5.32 Å². The number of carbonyl (C=O) groups excluding carboxylic acids is 1. The summed E-state index contributed by atoms with van der Waals surface area (Å²) in [5.41, 5.74) is 10.1. The number of aryl methyl sites for hydroxylation is 3. The maximum atomic E-state index is 12.1. The first-order chi connectivity index (χ1) is 10.5. The Labute approximate surface area is 131 Å². The predicted octanol–water partition coefficient (Wildman–Crippen LogP) is 3.00. The van der Waals surface area contributed by atoms with Crippen molar-refractivity contribution in [3.8, 4) is 5.75 Å². The van der Waals surface area contributed by atoms with Gasteiger partial charge in [-0.05, 0) is 61.7 Å². The van der Waals surface area contributed by atoms with Gasteiger partial charge in [0.15, 0.2) is 0 Å².